The summed E-state index contributed by atoms with van der Waals surface area (Å²) in [4.78, 5) is 25.4. The van der Waals surface area contributed by atoms with Crippen molar-refractivity contribution in [3.8, 4) is 0 Å². The Morgan fingerprint density at radius 1 is 1.18 bits per heavy atom. The Hall–Kier alpha value is -2.40. The molecule has 0 amide bonds. The molecule has 6 rings (SSSR count). The number of rotatable bonds is 3. The molecule has 0 aromatic heterocycles. The van der Waals surface area contributed by atoms with Crippen molar-refractivity contribution in [2.45, 2.75) is 69.0 Å². The second kappa shape index (κ2) is 8.06. The lowest BCUT2D eigenvalue weighted by Gasteiger charge is -2.63. The zero-order valence-electron chi connectivity index (χ0n) is 20.8. The number of halogens is 4. The summed E-state index contributed by atoms with van der Waals surface area (Å²) >= 11 is 0. The number of carbonyl (C=O) groups excluding carboxylic acids is 2. The van der Waals surface area contributed by atoms with E-state index in [2.05, 4.69) is 0 Å². The molecule has 38 heavy (non-hydrogen) atoms. The summed E-state index contributed by atoms with van der Waals surface area (Å²) in [6.45, 7) is 2.11. The van der Waals surface area contributed by atoms with Gasteiger partial charge < -0.3 is 19.7 Å². The highest BCUT2D eigenvalue weighted by atomic mass is 19.2. The van der Waals surface area contributed by atoms with Crippen LogP contribution in [0.1, 0.15) is 45.0 Å². The highest BCUT2D eigenvalue weighted by molar-refractivity contribution is 6.01. The molecule has 4 fully saturated rings. The molecule has 10 atom stereocenters. The number of carbonyl (C=O) groups is 2. The molecule has 0 radical (unpaired) electrons. The fraction of sp³-hybridized carbons (Fsp3) is 0.571. The predicted octanol–water partition coefficient (Wildman–Crippen LogP) is 3.61. The molecule has 0 unspecified atom stereocenters. The highest BCUT2D eigenvalue weighted by Gasteiger charge is 2.80. The molecule has 0 spiro atoms. The molecular formula is C28H28F4O6. The maximum atomic E-state index is 17.3. The van der Waals surface area contributed by atoms with Gasteiger partial charge in [-0.3, -0.25) is 9.59 Å². The lowest BCUT2D eigenvalue weighted by atomic mass is 9.44. The fourth-order valence-electron chi connectivity index (χ4n) is 8.41. The molecule has 1 aromatic rings. The van der Waals surface area contributed by atoms with Crippen LogP contribution in [0.5, 0.6) is 0 Å². The molecule has 1 aliphatic heterocycles. The number of hydrogen-bond acceptors (Lipinski definition) is 6. The van der Waals surface area contributed by atoms with Gasteiger partial charge in [-0.25, -0.2) is 17.6 Å². The average molecular weight is 537 g/mol. The number of hydrogen-bond donors (Lipinski definition) is 2. The average Bonchev–Trinajstić information content (AvgIpc) is 3.37. The van der Waals surface area contributed by atoms with Gasteiger partial charge in [0.05, 0.1) is 12.2 Å². The number of alkyl halides is 2. The Morgan fingerprint density at radius 3 is 2.63 bits per heavy atom. The lowest BCUT2D eigenvalue weighted by molar-refractivity contribution is -0.235. The quantitative estimate of drug-likeness (QED) is 0.574. The smallest absolute Gasteiger partial charge is 0.193 e. The van der Waals surface area contributed by atoms with Gasteiger partial charge in [0.25, 0.3) is 0 Å². The molecule has 10 heteroatoms. The first-order chi connectivity index (χ1) is 17.8. The van der Waals surface area contributed by atoms with Gasteiger partial charge in [-0.15, -0.1) is 0 Å². The van der Waals surface area contributed by atoms with E-state index in [1.54, 1.807) is 6.92 Å². The van der Waals surface area contributed by atoms with Crippen molar-refractivity contribution in [3.63, 3.8) is 0 Å². The van der Waals surface area contributed by atoms with Crippen LogP contribution in [0.15, 0.2) is 42.0 Å². The predicted molar refractivity (Wildman–Crippen MR) is 124 cm³/mol. The van der Waals surface area contributed by atoms with Crippen LogP contribution in [0.2, 0.25) is 0 Å². The summed E-state index contributed by atoms with van der Waals surface area (Å²) in [6.07, 6.45) is -3.02. The van der Waals surface area contributed by atoms with Gasteiger partial charge in [-0.1, -0.05) is 25.1 Å². The van der Waals surface area contributed by atoms with Gasteiger partial charge in [0.2, 0.25) is 0 Å². The number of aliphatic hydroxyl groups is 2. The summed E-state index contributed by atoms with van der Waals surface area (Å²) in [5, 5.41) is 21.4. The van der Waals surface area contributed by atoms with Crippen LogP contribution in [0, 0.1) is 34.3 Å². The minimum atomic E-state index is -2.38. The van der Waals surface area contributed by atoms with E-state index in [0.29, 0.717) is 0 Å². The molecule has 1 saturated heterocycles. The number of aliphatic hydroxyl groups excluding tert-OH is 2. The van der Waals surface area contributed by atoms with Crippen molar-refractivity contribution in [1.82, 2.24) is 0 Å². The van der Waals surface area contributed by atoms with Gasteiger partial charge in [-0.2, -0.15) is 0 Å². The van der Waals surface area contributed by atoms with Crippen molar-refractivity contribution < 1.29 is 46.8 Å². The molecule has 5 aliphatic rings. The third kappa shape index (κ3) is 2.87. The minimum absolute atomic E-state index is 0.00320. The third-order valence-electron chi connectivity index (χ3n) is 10.2. The van der Waals surface area contributed by atoms with Crippen molar-refractivity contribution in [2.75, 3.05) is 6.61 Å². The maximum absolute atomic E-state index is 17.3. The van der Waals surface area contributed by atoms with E-state index >= 15 is 8.78 Å². The zero-order chi connectivity index (χ0) is 27.4. The molecule has 2 N–H and O–H groups in total. The Kier molecular flexibility index (Phi) is 5.49. The fourth-order valence-corrected chi connectivity index (χ4v) is 8.41. The summed E-state index contributed by atoms with van der Waals surface area (Å²) in [5.41, 5.74) is -7.55. The first kappa shape index (κ1) is 25.9. The number of fused-ring (bicyclic) bond motifs is 7. The normalized spacial score (nSPS) is 47.2. The molecule has 1 aromatic carbocycles. The summed E-state index contributed by atoms with van der Waals surface area (Å²) in [7, 11) is 0. The van der Waals surface area contributed by atoms with Crippen molar-refractivity contribution in [1.29, 1.82) is 0 Å². The Morgan fingerprint density at radius 2 is 1.92 bits per heavy atom. The van der Waals surface area contributed by atoms with E-state index in [0.717, 1.165) is 12.1 Å². The first-order valence-corrected chi connectivity index (χ1v) is 12.7. The Balaban J connectivity index is 1.46. The maximum Gasteiger partial charge on any atom is 0.193 e. The van der Waals surface area contributed by atoms with Crippen LogP contribution in [0.4, 0.5) is 17.6 Å². The van der Waals surface area contributed by atoms with E-state index in [4.69, 9.17) is 9.47 Å². The second-order valence-electron chi connectivity index (χ2n) is 11.6. The molecule has 204 valence electrons. The third-order valence-corrected chi connectivity index (χ3v) is 10.2. The second-order valence-corrected chi connectivity index (χ2v) is 11.6. The highest BCUT2D eigenvalue weighted by Crippen LogP contribution is 2.72. The van der Waals surface area contributed by atoms with E-state index in [9.17, 15) is 28.6 Å². The molecule has 0 bridgehead atoms. The molecule has 4 aliphatic carbocycles. The van der Waals surface area contributed by atoms with Crippen LogP contribution >= 0.6 is 0 Å². The van der Waals surface area contributed by atoms with Crippen molar-refractivity contribution in [2.24, 2.45) is 22.7 Å². The zero-order valence-corrected chi connectivity index (χ0v) is 20.8. The standard InChI is InChI=1S/C28H28F4O6/c1-25-7-6-13(34)8-17(25)19(30)9-16-15-10-22-28(21(36)12-33,26(15,2)11-20(35)27(16,25)32)38-24(37-22)14-4-3-5-18(29)23(14)31/h3-8,15-16,19-20,22,24,33,35H,9-12H2,1-2H3/t15-,16-,19-,20-,22+,24+,25-,26-,27-,28+/m0/s1. The number of allylic oxidation sites excluding steroid dienone is 4. The SMILES string of the molecule is C[C@]12C=CC(=O)C=C1[C@@H](F)C[C@H]1[C@@H]3C[C@H]4O[C@@H](c5cccc(F)c5F)O[C@@]4(C(=O)CO)[C@@]3(C)C[C@H](O)[C@@]12F. The van der Waals surface area contributed by atoms with Gasteiger partial charge in [0.15, 0.2) is 40.8 Å². The summed E-state index contributed by atoms with van der Waals surface area (Å²) in [5.74, 6) is -5.45. The van der Waals surface area contributed by atoms with Crippen LogP contribution in [0.3, 0.4) is 0 Å². The van der Waals surface area contributed by atoms with E-state index in [-0.39, 0.29) is 30.4 Å². The summed E-state index contributed by atoms with van der Waals surface area (Å²) < 4.78 is 73.6. The monoisotopic (exact) mass is 536 g/mol. The van der Waals surface area contributed by atoms with Gasteiger partial charge in [0.1, 0.15) is 12.8 Å². The molecule has 6 nitrogen and oxygen atoms in total. The van der Waals surface area contributed by atoms with E-state index in [1.807, 2.05) is 0 Å². The van der Waals surface area contributed by atoms with Gasteiger partial charge in [0, 0.05) is 22.3 Å². The number of Topliss-reactive ketones (excluding diaryl/α,β-unsaturated/α-hetero) is 1. The molecule has 3 saturated carbocycles. The minimum Gasteiger partial charge on any atom is -0.390 e. The summed E-state index contributed by atoms with van der Waals surface area (Å²) in [6, 6.07) is 3.44. The molecule has 1 heterocycles. The Labute approximate surface area is 216 Å². The first-order valence-electron chi connectivity index (χ1n) is 12.7. The van der Waals surface area contributed by atoms with Gasteiger partial charge >= 0.3 is 0 Å². The Bertz CT molecular complexity index is 1300. The van der Waals surface area contributed by atoms with Crippen LogP contribution in [0.25, 0.3) is 0 Å². The van der Waals surface area contributed by atoms with Crippen LogP contribution in [-0.4, -0.2) is 58.0 Å². The van der Waals surface area contributed by atoms with E-state index < -0.39 is 88.4 Å². The molecular weight excluding hydrogens is 508 g/mol. The largest absolute Gasteiger partial charge is 0.390 e. The van der Waals surface area contributed by atoms with Crippen molar-refractivity contribution >= 4 is 11.6 Å². The van der Waals surface area contributed by atoms with Crippen LogP contribution in [-0.2, 0) is 19.1 Å². The topological polar surface area (TPSA) is 93.1 Å². The van der Waals surface area contributed by atoms with Crippen LogP contribution < -0.4 is 0 Å². The van der Waals surface area contributed by atoms with E-state index in [1.165, 1.54) is 31.2 Å². The van der Waals surface area contributed by atoms with Crippen molar-refractivity contribution in [3.05, 3.63) is 59.2 Å². The number of ether oxygens (including phenoxy) is 2. The van der Waals surface area contributed by atoms with Gasteiger partial charge in [-0.05, 0) is 55.9 Å². The number of benzene rings is 1. The lowest BCUT2D eigenvalue weighted by Crippen LogP contribution is -2.70. The number of ketones is 2.